The lowest BCUT2D eigenvalue weighted by Crippen LogP contribution is -2.61. The van der Waals surface area contributed by atoms with Crippen LogP contribution in [0.25, 0.3) is 16.8 Å². The zero-order valence-electron chi connectivity index (χ0n) is 25.6. The number of anilines is 1. The number of hydrogen-bond donors (Lipinski definition) is 2. The number of hydrazine groups is 1. The molecule has 2 heterocycles. The number of nitrogens with one attached hydrogen (secondary N) is 2. The maximum absolute atomic E-state index is 14.2. The van der Waals surface area contributed by atoms with Gasteiger partial charge in [-0.1, -0.05) is 89.8 Å². The largest absolute Gasteiger partial charge is 0.388 e. The van der Waals surface area contributed by atoms with Crippen LogP contribution in [0.4, 0.5) is 10.5 Å². The SMILES string of the molecule is C#CCN(C(=O)NCc1ccc(Cl)c(Cl)c1)N1CC(=O)N2/C(=C/c3ccc(NC)cc3)C(=O)N(Cc3cccc4ccccc34)C[C@@H]21. The number of urea groups is 1. The molecule has 2 N–H and O–H groups in total. The highest BCUT2D eigenvalue weighted by atomic mass is 35.5. The molecular weight excluding hydrogens is 635 g/mol. The number of terminal acetylenes is 1. The van der Waals surface area contributed by atoms with Gasteiger partial charge in [0.05, 0.1) is 23.1 Å². The summed E-state index contributed by atoms with van der Waals surface area (Å²) in [4.78, 5) is 44.8. The van der Waals surface area contributed by atoms with E-state index in [4.69, 9.17) is 29.6 Å². The maximum atomic E-state index is 14.2. The minimum absolute atomic E-state index is 0.0907. The Morgan fingerprint density at radius 1 is 1.02 bits per heavy atom. The Hall–Kier alpha value is -5.01. The molecule has 4 aromatic carbocycles. The molecule has 2 aliphatic rings. The van der Waals surface area contributed by atoms with Crippen LogP contribution in [-0.4, -0.2) is 70.5 Å². The van der Waals surface area contributed by atoms with E-state index in [1.807, 2.05) is 73.8 Å². The van der Waals surface area contributed by atoms with E-state index in [1.54, 1.807) is 34.2 Å². The van der Waals surface area contributed by atoms with Crippen molar-refractivity contribution in [2.75, 3.05) is 32.0 Å². The number of carbonyl (C=O) groups excluding carboxylic acids is 3. The summed E-state index contributed by atoms with van der Waals surface area (Å²) in [6.07, 6.45) is 6.77. The van der Waals surface area contributed by atoms with Crippen molar-refractivity contribution in [3.8, 4) is 12.3 Å². The van der Waals surface area contributed by atoms with Crippen LogP contribution in [0.5, 0.6) is 0 Å². The Labute approximate surface area is 283 Å². The van der Waals surface area contributed by atoms with Gasteiger partial charge in [0, 0.05) is 25.8 Å². The third kappa shape index (κ3) is 6.62. The lowest BCUT2D eigenvalue weighted by atomic mass is 10.0. The molecule has 0 bridgehead atoms. The number of amides is 4. The number of benzene rings is 4. The Kier molecular flexibility index (Phi) is 9.36. The highest BCUT2D eigenvalue weighted by molar-refractivity contribution is 6.42. The second-order valence-electron chi connectivity index (χ2n) is 11.2. The van der Waals surface area contributed by atoms with Gasteiger partial charge in [0.15, 0.2) is 0 Å². The van der Waals surface area contributed by atoms with Gasteiger partial charge in [-0.15, -0.1) is 6.42 Å². The molecule has 2 fully saturated rings. The van der Waals surface area contributed by atoms with Crippen LogP contribution in [0.3, 0.4) is 0 Å². The number of rotatable bonds is 8. The first kappa shape index (κ1) is 32.0. The van der Waals surface area contributed by atoms with Gasteiger partial charge in [0.25, 0.3) is 5.91 Å². The number of halogens is 2. The van der Waals surface area contributed by atoms with Crippen molar-refractivity contribution in [3.63, 3.8) is 0 Å². The molecule has 11 heteroatoms. The molecule has 2 aliphatic heterocycles. The second-order valence-corrected chi connectivity index (χ2v) is 12.1. The van der Waals surface area contributed by atoms with Gasteiger partial charge in [0.2, 0.25) is 5.91 Å². The molecule has 2 saturated heterocycles. The summed E-state index contributed by atoms with van der Waals surface area (Å²) in [7, 11) is 1.83. The summed E-state index contributed by atoms with van der Waals surface area (Å²) < 4.78 is 0. The molecule has 4 amide bonds. The fourth-order valence-corrected chi connectivity index (χ4v) is 6.29. The van der Waals surface area contributed by atoms with Crippen LogP contribution in [0, 0.1) is 12.3 Å². The van der Waals surface area contributed by atoms with Crippen LogP contribution in [-0.2, 0) is 22.7 Å². The van der Waals surface area contributed by atoms with Crippen molar-refractivity contribution in [1.82, 2.24) is 25.1 Å². The van der Waals surface area contributed by atoms with Crippen LogP contribution < -0.4 is 10.6 Å². The van der Waals surface area contributed by atoms with Gasteiger partial charge in [-0.3, -0.25) is 14.5 Å². The molecule has 0 aromatic heterocycles. The lowest BCUT2D eigenvalue weighted by Gasteiger charge is -2.43. The molecule has 0 spiro atoms. The third-order valence-electron chi connectivity index (χ3n) is 8.31. The Morgan fingerprint density at radius 2 is 1.79 bits per heavy atom. The van der Waals surface area contributed by atoms with Crippen molar-refractivity contribution in [1.29, 1.82) is 0 Å². The smallest absolute Gasteiger partial charge is 0.333 e. The number of hydrogen-bond acceptors (Lipinski definition) is 5. The maximum Gasteiger partial charge on any atom is 0.333 e. The summed E-state index contributed by atoms with van der Waals surface area (Å²) in [6.45, 7) is 0.392. The molecule has 47 heavy (non-hydrogen) atoms. The number of piperazine rings is 1. The van der Waals surface area contributed by atoms with E-state index in [0.29, 0.717) is 16.6 Å². The van der Waals surface area contributed by atoms with Crippen LogP contribution in [0.2, 0.25) is 10.0 Å². The van der Waals surface area contributed by atoms with E-state index < -0.39 is 12.2 Å². The first-order chi connectivity index (χ1) is 22.8. The van der Waals surface area contributed by atoms with Gasteiger partial charge >= 0.3 is 6.03 Å². The van der Waals surface area contributed by atoms with Crippen molar-refractivity contribution in [3.05, 3.63) is 117 Å². The summed E-state index contributed by atoms with van der Waals surface area (Å²) >= 11 is 12.2. The molecule has 0 saturated carbocycles. The minimum Gasteiger partial charge on any atom is -0.388 e. The van der Waals surface area contributed by atoms with E-state index in [1.165, 1.54) is 9.91 Å². The standard InChI is InChI=1S/C36H32Cl2N6O3/c1-3-17-42(36(47)40-20-25-13-16-30(37)31(38)18-25)43-23-34(45)44-32(19-24-11-14-28(39-2)15-12-24)35(46)41(22-33(43)44)21-27-9-6-8-26-7-4-5-10-29(26)27/h1,4-16,18-19,33,39H,17,20-23H2,2H3,(H,40,47)/b32-19+/t33-/m1/s1. The molecule has 1 atom stereocenters. The van der Waals surface area contributed by atoms with E-state index in [0.717, 1.165) is 33.2 Å². The predicted molar refractivity (Wildman–Crippen MR) is 185 cm³/mol. The van der Waals surface area contributed by atoms with Crippen molar-refractivity contribution >= 4 is 63.6 Å². The predicted octanol–water partition coefficient (Wildman–Crippen LogP) is 5.80. The quantitative estimate of drug-likeness (QED) is 0.183. The summed E-state index contributed by atoms with van der Waals surface area (Å²) in [5, 5.41) is 11.8. The fraction of sp³-hybridized carbons (Fsp3) is 0.194. The molecular formula is C36H32Cl2N6O3. The molecule has 0 radical (unpaired) electrons. The molecule has 0 aliphatic carbocycles. The van der Waals surface area contributed by atoms with Gasteiger partial charge in [-0.25, -0.2) is 9.80 Å². The van der Waals surface area contributed by atoms with Crippen molar-refractivity contribution < 1.29 is 14.4 Å². The summed E-state index contributed by atoms with van der Waals surface area (Å²) in [6, 6.07) is 26.2. The van der Waals surface area contributed by atoms with E-state index in [-0.39, 0.29) is 43.7 Å². The second kappa shape index (κ2) is 13.8. The first-order valence-corrected chi connectivity index (χ1v) is 15.8. The Balaban J connectivity index is 1.34. The zero-order chi connectivity index (χ0) is 33.1. The Bertz CT molecular complexity index is 1920. The van der Waals surface area contributed by atoms with E-state index >= 15 is 0 Å². The van der Waals surface area contributed by atoms with Gasteiger partial charge < -0.3 is 15.5 Å². The van der Waals surface area contributed by atoms with Gasteiger partial charge in [0.1, 0.15) is 18.4 Å². The van der Waals surface area contributed by atoms with Crippen molar-refractivity contribution in [2.45, 2.75) is 19.3 Å². The highest BCUT2D eigenvalue weighted by Gasteiger charge is 2.50. The molecule has 4 aromatic rings. The number of nitrogens with zero attached hydrogens (tertiary/aromatic N) is 4. The fourth-order valence-electron chi connectivity index (χ4n) is 5.97. The number of fused-ring (bicyclic) bond motifs is 2. The van der Waals surface area contributed by atoms with Crippen LogP contribution in [0.15, 0.2) is 90.6 Å². The summed E-state index contributed by atoms with van der Waals surface area (Å²) in [5.74, 6) is 1.95. The molecule has 6 rings (SSSR count). The average Bonchev–Trinajstić information content (AvgIpc) is 3.41. The number of carbonyl (C=O) groups is 3. The molecule has 0 unspecified atom stereocenters. The molecule has 9 nitrogen and oxygen atoms in total. The summed E-state index contributed by atoms with van der Waals surface area (Å²) in [5.41, 5.74) is 3.61. The average molecular weight is 668 g/mol. The lowest BCUT2D eigenvalue weighted by molar-refractivity contribution is -0.142. The van der Waals surface area contributed by atoms with E-state index in [2.05, 4.69) is 16.6 Å². The molecule has 238 valence electrons. The Morgan fingerprint density at radius 3 is 2.53 bits per heavy atom. The third-order valence-corrected chi connectivity index (χ3v) is 9.05. The minimum atomic E-state index is -0.679. The van der Waals surface area contributed by atoms with Gasteiger partial charge in [-0.05, 0) is 57.8 Å². The first-order valence-electron chi connectivity index (χ1n) is 15.0. The monoisotopic (exact) mass is 666 g/mol. The van der Waals surface area contributed by atoms with Crippen LogP contribution >= 0.6 is 23.2 Å². The topological polar surface area (TPSA) is 88.2 Å². The van der Waals surface area contributed by atoms with E-state index in [9.17, 15) is 14.4 Å². The zero-order valence-corrected chi connectivity index (χ0v) is 27.1. The normalized spacial score (nSPS) is 17.1. The van der Waals surface area contributed by atoms with Crippen molar-refractivity contribution in [2.24, 2.45) is 0 Å². The highest BCUT2D eigenvalue weighted by Crippen LogP contribution is 2.33. The van der Waals surface area contributed by atoms with Crippen LogP contribution in [0.1, 0.15) is 16.7 Å². The van der Waals surface area contributed by atoms with Gasteiger partial charge in [-0.2, -0.15) is 5.01 Å².